The van der Waals surface area contributed by atoms with Crippen LogP contribution < -0.4 is 5.32 Å². The van der Waals surface area contributed by atoms with E-state index in [9.17, 15) is 4.39 Å². The van der Waals surface area contributed by atoms with E-state index in [0.717, 1.165) is 23.4 Å². The summed E-state index contributed by atoms with van der Waals surface area (Å²) in [7, 11) is 0. The van der Waals surface area contributed by atoms with Crippen molar-refractivity contribution >= 4 is 0 Å². The first-order chi connectivity index (χ1) is 10.7. The first-order valence-corrected chi connectivity index (χ1v) is 7.94. The summed E-state index contributed by atoms with van der Waals surface area (Å²) in [6, 6.07) is 6.89. The largest absolute Gasteiger partial charge is 0.306 e. The molecule has 1 atom stereocenters. The van der Waals surface area contributed by atoms with Gasteiger partial charge in [0.2, 0.25) is 0 Å². The van der Waals surface area contributed by atoms with Crippen molar-refractivity contribution in [2.45, 2.75) is 45.2 Å². The molecule has 0 saturated carbocycles. The van der Waals surface area contributed by atoms with Crippen LogP contribution in [0.15, 0.2) is 42.1 Å². The Bertz CT molecular complexity index is 643. The molecule has 2 aromatic rings. The number of nitrogens with one attached hydrogen (secondary N) is 2. The van der Waals surface area contributed by atoms with Crippen LogP contribution in [-0.2, 0) is 6.54 Å². The van der Waals surface area contributed by atoms with Crippen LogP contribution in [-0.4, -0.2) is 16.2 Å². The lowest BCUT2D eigenvalue weighted by Crippen LogP contribution is -2.28. The molecule has 0 bridgehead atoms. The number of aromatic amines is 1. The third-order valence-electron chi connectivity index (χ3n) is 4.33. The highest BCUT2D eigenvalue weighted by Gasteiger charge is 2.13. The third-order valence-corrected chi connectivity index (χ3v) is 4.33. The fraction of sp³-hybridized carbons (Fsp3) is 0.389. The second kappa shape index (κ2) is 6.88. The van der Waals surface area contributed by atoms with Gasteiger partial charge in [-0.05, 0) is 56.9 Å². The van der Waals surface area contributed by atoms with Crippen LogP contribution in [0.25, 0.3) is 11.3 Å². The molecule has 3 rings (SSSR count). The van der Waals surface area contributed by atoms with Crippen molar-refractivity contribution in [3.8, 4) is 11.3 Å². The van der Waals surface area contributed by atoms with Crippen molar-refractivity contribution in [3.63, 3.8) is 0 Å². The number of allylic oxidation sites excluding steroid dienone is 1. The zero-order valence-electron chi connectivity index (χ0n) is 12.9. The Morgan fingerprint density at radius 2 is 2.09 bits per heavy atom. The Hall–Kier alpha value is -1.94. The zero-order valence-corrected chi connectivity index (χ0v) is 12.9. The normalized spacial score (nSPS) is 16.4. The molecule has 0 radical (unpaired) electrons. The molecule has 0 amide bonds. The second-order valence-electron chi connectivity index (χ2n) is 5.90. The van der Waals surface area contributed by atoms with Gasteiger partial charge in [-0.1, -0.05) is 11.6 Å². The molecule has 1 heterocycles. The van der Waals surface area contributed by atoms with E-state index < -0.39 is 0 Å². The summed E-state index contributed by atoms with van der Waals surface area (Å²) in [5.41, 5.74) is 4.53. The Balaban J connectivity index is 1.67. The van der Waals surface area contributed by atoms with Crippen LogP contribution in [0.2, 0.25) is 0 Å². The van der Waals surface area contributed by atoms with Crippen LogP contribution >= 0.6 is 0 Å². The summed E-state index contributed by atoms with van der Waals surface area (Å²) >= 11 is 0. The van der Waals surface area contributed by atoms with Crippen molar-refractivity contribution in [3.05, 3.63) is 53.5 Å². The van der Waals surface area contributed by atoms with Crippen LogP contribution in [0.5, 0.6) is 0 Å². The molecule has 1 aromatic carbocycles. The average Bonchev–Trinajstić information content (AvgIpc) is 3.02. The predicted molar refractivity (Wildman–Crippen MR) is 86.8 cm³/mol. The molecule has 4 heteroatoms. The molecule has 1 aliphatic carbocycles. The fourth-order valence-corrected chi connectivity index (χ4v) is 2.96. The first-order valence-electron chi connectivity index (χ1n) is 7.94. The SMILES string of the molecule is CC(NCc1cn[nH]c1-c1ccc(F)cc1)C1=CCCCC1. The van der Waals surface area contributed by atoms with E-state index in [2.05, 4.69) is 28.5 Å². The molecular formula is C18H22FN3. The summed E-state index contributed by atoms with van der Waals surface area (Å²) in [5.74, 6) is -0.221. The molecule has 1 aliphatic rings. The Kier molecular flexibility index (Phi) is 4.68. The molecule has 0 saturated heterocycles. The molecule has 22 heavy (non-hydrogen) atoms. The highest BCUT2D eigenvalue weighted by molar-refractivity contribution is 5.62. The molecule has 116 valence electrons. The third kappa shape index (κ3) is 3.45. The molecule has 3 nitrogen and oxygen atoms in total. The standard InChI is InChI=1S/C18H22FN3/c1-13(14-5-3-2-4-6-14)20-11-16-12-21-22-18(16)15-7-9-17(19)10-8-15/h5,7-10,12-13,20H,2-4,6,11H2,1H3,(H,21,22). The minimum Gasteiger partial charge on any atom is -0.306 e. The lowest BCUT2D eigenvalue weighted by atomic mass is 9.94. The first kappa shape index (κ1) is 15.0. The van der Waals surface area contributed by atoms with Crippen LogP contribution in [0.4, 0.5) is 4.39 Å². The van der Waals surface area contributed by atoms with Gasteiger partial charge in [0.25, 0.3) is 0 Å². The van der Waals surface area contributed by atoms with Crippen LogP contribution in [0.3, 0.4) is 0 Å². The molecule has 1 aromatic heterocycles. The predicted octanol–water partition coefficient (Wildman–Crippen LogP) is 4.19. The van der Waals surface area contributed by atoms with Crippen molar-refractivity contribution in [2.75, 3.05) is 0 Å². The van der Waals surface area contributed by atoms with Gasteiger partial charge in [0.05, 0.1) is 11.9 Å². The van der Waals surface area contributed by atoms with E-state index in [4.69, 9.17) is 0 Å². The van der Waals surface area contributed by atoms with E-state index in [1.54, 1.807) is 12.1 Å². The van der Waals surface area contributed by atoms with Gasteiger partial charge in [0.15, 0.2) is 0 Å². The lowest BCUT2D eigenvalue weighted by molar-refractivity contribution is 0.560. The van der Waals surface area contributed by atoms with E-state index in [1.165, 1.54) is 43.4 Å². The average molecular weight is 299 g/mol. The van der Waals surface area contributed by atoms with E-state index in [-0.39, 0.29) is 5.82 Å². The van der Waals surface area contributed by atoms with Gasteiger partial charge in [-0.15, -0.1) is 0 Å². The summed E-state index contributed by atoms with van der Waals surface area (Å²) in [6.07, 6.45) is 9.22. The van der Waals surface area contributed by atoms with Gasteiger partial charge in [0.1, 0.15) is 5.82 Å². The number of hydrogen-bond donors (Lipinski definition) is 2. The fourth-order valence-electron chi connectivity index (χ4n) is 2.96. The van der Waals surface area contributed by atoms with Gasteiger partial charge in [0, 0.05) is 23.7 Å². The van der Waals surface area contributed by atoms with Gasteiger partial charge in [-0.2, -0.15) is 5.10 Å². The Labute approximate surface area is 130 Å². The number of aromatic nitrogens is 2. The molecule has 0 fully saturated rings. The zero-order chi connectivity index (χ0) is 15.4. The van der Waals surface area contributed by atoms with Gasteiger partial charge in [-0.3, -0.25) is 5.10 Å². The van der Waals surface area contributed by atoms with Gasteiger partial charge >= 0.3 is 0 Å². The highest BCUT2D eigenvalue weighted by Crippen LogP contribution is 2.23. The van der Waals surface area contributed by atoms with Crippen molar-refractivity contribution in [2.24, 2.45) is 0 Å². The number of hydrogen-bond acceptors (Lipinski definition) is 2. The Morgan fingerprint density at radius 1 is 1.27 bits per heavy atom. The number of benzene rings is 1. The monoisotopic (exact) mass is 299 g/mol. The molecular weight excluding hydrogens is 277 g/mol. The molecule has 0 aliphatic heterocycles. The van der Waals surface area contributed by atoms with Crippen molar-refractivity contribution in [1.82, 2.24) is 15.5 Å². The summed E-state index contributed by atoms with van der Waals surface area (Å²) in [4.78, 5) is 0. The number of nitrogens with zero attached hydrogens (tertiary/aromatic N) is 1. The Morgan fingerprint density at radius 3 is 2.82 bits per heavy atom. The maximum Gasteiger partial charge on any atom is 0.123 e. The lowest BCUT2D eigenvalue weighted by Gasteiger charge is -2.21. The van der Waals surface area contributed by atoms with Gasteiger partial charge < -0.3 is 5.32 Å². The topological polar surface area (TPSA) is 40.7 Å². The second-order valence-corrected chi connectivity index (χ2v) is 5.90. The maximum atomic E-state index is 13.0. The van der Waals surface area contributed by atoms with Crippen molar-refractivity contribution in [1.29, 1.82) is 0 Å². The van der Waals surface area contributed by atoms with Crippen molar-refractivity contribution < 1.29 is 4.39 Å². The number of H-pyrrole nitrogens is 1. The molecule has 2 N–H and O–H groups in total. The van der Waals surface area contributed by atoms with E-state index in [1.807, 2.05) is 6.20 Å². The van der Waals surface area contributed by atoms with E-state index in [0.29, 0.717) is 6.04 Å². The quantitative estimate of drug-likeness (QED) is 0.813. The van der Waals surface area contributed by atoms with E-state index >= 15 is 0 Å². The minimum absolute atomic E-state index is 0.221. The van der Waals surface area contributed by atoms with Crippen LogP contribution in [0.1, 0.15) is 38.2 Å². The number of rotatable bonds is 5. The van der Waals surface area contributed by atoms with Gasteiger partial charge in [-0.25, -0.2) is 4.39 Å². The molecule has 0 spiro atoms. The molecule has 1 unspecified atom stereocenters. The summed E-state index contributed by atoms with van der Waals surface area (Å²) in [5, 5.41) is 10.7. The maximum absolute atomic E-state index is 13.0. The smallest absolute Gasteiger partial charge is 0.123 e. The highest BCUT2D eigenvalue weighted by atomic mass is 19.1. The minimum atomic E-state index is -0.221. The van der Waals surface area contributed by atoms with Crippen LogP contribution in [0, 0.1) is 5.82 Å². The summed E-state index contributed by atoms with van der Waals surface area (Å²) in [6.45, 7) is 2.97. The summed E-state index contributed by atoms with van der Waals surface area (Å²) < 4.78 is 13.0. The number of halogens is 1.